The molecule has 0 saturated heterocycles. The number of carbonyl (C=O) groups is 1. The molecule has 1 aliphatic carbocycles. The predicted octanol–water partition coefficient (Wildman–Crippen LogP) is 3.50. The molecule has 3 rings (SSSR count). The average Bonchev–Trinajstić information content (AvgIpc) is 3.03. The molecule has 1 atom stereocenters. The van der Waals surface area contributed by atoms with Crippen molar-refractivity contribution in [3.63, 3.8) is 0 Å². The number of rotatable bonds is 3. The third kappa shape index (κ3) is 2.93. The van der Waals surface area contributed by atoms with Gasteiger partial charge in [-0.05, 0) is 36.8 Å². The van der Waals surface area contributed by atoms with Crippen LogP contribution in [-0.4, -0.2) is 15.9 Å². The van der Waals surface area contributed by atoms with E-state index in [2.05, 4.69) is 27.4 Å². The fraction of sp³-hybridized carbons (Fsp3) is 0.267. The van der Waals surface area contributed by atoms with Crippen molar-refractivity contribution in [1.29, 1.82) is 0 Å². The Kier molecular flexibility index (Phi) is 3.87. The molecule has 0 aliphatic heterocycles. The Labute approximate surface area is 121 Å². The quantitative estimate of drug-likeness (QED) is 0.878. The van der Waals surface area contributed by atoms with Crippen LogP contribution in [0.3, 0.4) is 0 Å². The molecule has 0 saturated carbocycles. The van der Waals surface area contributed by atoms with E-state index in [1.165, 1.54) is 0 Å². The minimum atomic E-state index is 0.0117. The SMILES string of the molecule is O=C(Nc1nccc(-c2cccs2)n1)C1CC=CCC1. The molecule has 0 aromatic carbocycles. The van der Waals surface area contributed by atoms with E-state index in [0.29, 0.717) is 5.95 Å². The summed E-state index contributed by atoms with van der Waals surface area (Å²) >= 11 is 1.62. The Hall–Kier alpha value is -2.01. The van der Waals surface area contributed by atoms with Crippen molar-refractivity contribution in [1.82, 2.24) is 9.97 Å². The van der Waals surface area contributed by atoms with Gasteiger partial charge >= 0.3 is 0 Å². The van der Waals surface area contributed by atoms with Gasteiger partial charge in [-0.1, -0.05) is 18.2 Å². The van der Waals surface area contributed by atoms with Gasteiger partial charge in [0.05, 0.1) is 10.6 Å². The Bertz CT molecular complexity index is 622. The number of aromatic nitrogens is 2. The van der Waals surface area contributed by atoms with Crippen LogP contribution in [0.15, 0.2) is 41.9 Å². The van der Waals surface area contributed by atoms with Crippen molar-refractivity contribution in [2.75, 3.05) is 5.32 Å². The molecule has 1 unspecified atom stereocenters. The maximum atomic E-state index is 12.1. The number of nitrogens with zero attached hydrogens (tertiary/aromatic N) is 2. The molecule has 0 spiro atoms. The summed E-state index contributed by atoms with van der Waals surface area (Å²) < 4.78 is 0. The Morgan fingerprint density at radius 3 is 3.05 bits per heavy atom. The molecular weight excluding hydrogens is 270 g/mol. The molecule has 1 amide bonds. The van der Waals surface area contributed by atoms with Crippen molar-refractivity contribution in [2.45, 2.75) is 19.3 Å². The molecule has 2 aromatic rings. The van der Waals surface area contributed by atoms with Gasteiger partial charge in [-0.15, -0.1) is 11.3 Å². The second-order valence-corrected chi connectivity index (χ2v) is 5.66. The number of carbonyl (C=O) groups excluding carboxylic acids is 1. The molecule has 102 valence electrons. The largest absolute Gasteiger partial charge is 0.294 e. The number of amides is 1. The third-order valence-corrected chi connectivity index (χ3v) is 4.20. The lowest BCUT2D eigenvalue weighted by Crippen LogP contribution is -2.24. The van der Waals surface area contributed by atoms with Crippen LogP contribution < -0.4 is 5.32 Å². The highest BCUT2D eigenvalue weighted by molar-refractivity contribution is 7.13. The van der Waals surface area contributed by atoms with E-state index >= 15 is 0 Å². The van der Waals surface area contributed by atoms with Crippen LogP contribution in [0.4, 0.5) is 5.95 Å². The van der Waals surface area contributed by atoms with Gasteiger partial charge in [0.25, 0.3) is 0 Å². The number of nitrogens with one attached hydrogen (secondary N) is 1. The van der Waals surface area contributed by atoms with Crippen LogP contribution in [0.2, 0.25) is 0 Å². The average molecular weight is 285 g/mol. The van der Waals surface area contributed by atoms with Gasteiger partial charge in [-0.25, -0.2) is 9.97 Å². The zero-order valence-corrected chi connectivity index (χ0v) is 11.8. The van der Waals surface area contributed by atoms with E-state index in [1.54, 1.807) is 17.5 Å². The smallest absolute Gasteiger partial charge is 0.230 e. The van der Waals surface area contributed by atoms with Crippen LogP contribution in [0.25, 0.3) is 10.6 Å². The Morgan fingerprint density at radius 1 is 1.35 bits per heavy atom. The maximum absolute atomic E-state index is 12.1. The number of hydrogen-bond acceptors (Lipinski definition) is 4. The van der Waals surface area contributed by atoms with E-state index in [0.717, 1.165) is 29.8 Å². The summed E-state index contributed by atoms with van der Waals surface area (Å²) in [6.45, 7) is 0. The minimum Gasteiger partial charge on any atom is -0.294 e. The second-order valence-electron chi connectivity index (χ2n) is 4.71. The first-order chi connectivity index (χ1) is 9.83. The highest BCUT2D eigenvalue weighted by atomic mass is 32.1. The lowest BCUT2D eigenvalue weighted by atomic mass is 9.94. The number of allylic oxidation sites excluding steroid dienone is 2. The Morgan fingerprint density at radius 2 is 2.30 bits per heavy atom. The zero-order valence-electron chi connectivity index (χ0n) is 11.0. The Balaban J connectivity index is 1.73. The maximum Gasteiger partial charge on any atom is 0.230 e. The van der Waals surface area contributed by atoms with E-state index in [9.17, 15) is 4.79 Å². The highest BCUT2D eigenvalue weighted by Gasteiger charge is 2.19. The van der Waals surface area contributed by atoms with Crippen molar-refractivity contribution >= 4 is 23.2 Å². The molecule has 5 heteroatoms. The van der Waals surface area contributed by atoms with Crippen LogP contribution in [0.1, 0.15) is 19.3 Å². The molecule has 1 N–H and O–H groups in total. The summed E-state index contributed by atoms with van der Waals surface area (Å²) in [5.74, 6) is 0.433. The first-order valence-electron chi connectivity index (χ1n) is 6.66. The molecule has 2 aromatic heterocycles. The molecule has 0 fully saturated rings. The van der Waals surface area contributed by atoms with Crippen molar-refractivity contribution in [3.05, 3.63) is 41.9 Å². The lowest BCUT2D eigenvalue weighted by Gasteiger charge is -2.16. The first-order valence-corrected chi connectivity index (χ1v) is 7.53. The summed E-state index contributed by atoms with van der Waals surface area (Å²) in [5, 5.41) is 4.83. The van der Waals surface area contributed by atoms with Gasteiger partial charge in [0.2, 0.25) is 11.9 Å². The predicted molar refractivity (Wildman–Crippen MR) is 80.5 cm³/mol. The van der Waals surface area contributed by atoms with Gasteiger partial charge in [0.15, 0.2) is 0 Å². The van der Waals surface area contributed by atoms with Gasteiger partial charge in [0, 0.05) is 12.1 Å². The van der Waals surface area contributed by atoms with Gasteiger partial charge < -0.3 is 0 Å². The molecule has 20 heavy (non-hydrogen) atoms. The number of anilines is 1. The van der Waals surface area contributed by atoms with Crippen LogP contribution in [0, 0.1) is 5.92 Å². The monoisotopic (exact) mass is 285 g/mol. The van der Waals surface area contributed by atoms with E-state index in [-0.39, 0.29) is 11.8 Å². The summed E-state index contributed by atoms with van der Waals surface area (Å²) in [5.41, 5.74) is 0.842. The molecule has 2 heterocycles. The van der Waals surface area contributed by atoms with Gasteiger partial charge in [0.1, 0.15) is 0 Å². The zero-order chi connectivity index (χ0) is 13.8. The summed E-state index contributed by atoms with van der Waals surface area (Å²) in [4.78, 5) is 21.7. The van der Waals surface area contributed by atoms with Gasteiger partial charge in [-0.3, -0.25) is 10.1 Å². The van der Waals surface area contributed by atoms with Crippen molar-refractivity contribution in [3.8, 4) is 10.6 Å². The van der Waals surface area contributed by atoms with E-state index in [4.69, 9.17) is 0 Å². The molecule has 0 bridgehead atoms. The normalized spacial score (nSPS) is 17.9. The molecule has 4 nitrogen and oxygen atoms in total. The van der Waals surface area contributed by atoms with E-state index in [1.807, 2.05) is 23.6 Å². The van der Waals surface area contributed by atoms with Crippen LogP contribution in [-0.2, 0) is 4.79 Å². The summed E-state index contributed by atoms with van der Waals surface area (Å²) in [6.07, 6.45) is 8.53. The minimum absolute atomic E-state index is 0.0117. The third-order valence-electron chi connectivity index (χ3n) is 3.30. The van der Waals surface area contributed by atoms with Crippen LogP contribution >= 0.6 is 11.3 Å². The second kappa shape index (κ2) is 5.96. The number of thiophene rings is 1. The van der Waals surface area contributed by atoms with Crippen LogP contribution in [0.5, 0.6) is 0 Å². The topological polar surface area (TPSA) is 54.9 Å². The van der Waals surface area contributed by atoms with Gasteiger partial charge in [-0.2, -0.15) is 0 Å². The van der Waals surface area contributed by atoms with E-state index < -0.39 is 0 Å². The molecule has 1 aliphatic rings. The van der Waals surface area contributed by atoms with Crippen molar-refractivity contribution < 1.29 is 4.79 Å². The molecular formula is C15H15N3OS. The number of hydrogen-bond donors (Lipinski definition) is 1. The lowest BCUT2D eigenvalue weighted by molar-refractivity contribution is -0.120. The highest BCUT2D eigenvalue weighted by Crippen LogP contribution is 2.23. The standard InChI is InChI=1S/C15H15N3OS/c19-14(11-5-2-1-3-6-11)18-15-16-9-8-12(17-15)13-7-4-10-20-13/h1-2,4,7-11H,3,5-6H2,(H,16,17,18,19). The van der Waals surface area contributed by atoms with Crippen molar-refractivity contribution in [2.24, 2.45) is 5.92 Å². The first kappa shape index (κ1) is 13.0. The summed E-state index contributed by atoms with van der Waals surface area (Å²) in [7, 11) is 0. The fourth-order valence-electron chi connectivity index (χ4n) is 2.22. The fourth-order valence-corrected chi connectivity index (χ4v) is 2.92. The molecule has 0 radical (unpaired) electrons. The summed E-state index contributed by atoms with van der Waals surface area (Å²) in [6, 6.07) is 5.84.